The van der Waals surface area contributed by atoms with Gasteiger partial charge in [0, 0.05) is 45.0 Å². The van der Waals surface area contributed by atoms with Crippen LogP contribution in [0.1, 0.15) is 37.7 Å². The van der Waals surface area contributed by atoms with Crippen LogP contribution < -0.4 is 0 Å². The number of piperidine rings is 1. The number of rotatable bonds is 6. The molecule has 3 fully saturated rings. The average Bonchev–Trinajstić information content (AvgIpc) is 3.52. The van der Waals surface area contributed by atoms with Gasteiger partial charge in [0.25, 0.3) is 0 Å². The van der Waals surface area contributed by atoms with Crippen LogP contribution in [0.2, 0.25) is 0 Å². The minimum atomic E-state index is -5.08. The summed E-state index contributed by atoms with van der Waals surface area (Å²) < 4.78 is 75.8. The molecule has 2 N–H and O–H groups in total. The van der Waals surface area contributed by atoms with Gasteiger partial charge in [-0.2, -0.15) is 26.3 Å². The van der Waals surface area contributed by atoms with Crippen LogP contribution in [-0.2, 0) is 25.6 Å². The lowest BCUT2D eigenvalue weighted by molar-refractivity contribution is -0.193. The Morgan fingerprint density at radius 1 is 1.00 bits per heavy atom. The minimum absolute atomic E-state index is 0.0732. The number of carbonyl (C=O) groups is 2. The summed E-state index contributed by atoms with van der Waals surface area (Å²) in [5, 5.41) is 14.2. The van der Waals surface area contributed by atoms with E-state index in [9.17, 15) is 26.3 Å². The number of aromatic nitrogens is 1. The van der Waals surface area contributed by atoms with E-state index in [2.05, 4.69) is 20.9 Å². The van der Waals surface area contributed by atoms with Gasteiger partial charge in [-0.25, -0.2) is 9.59 Å². The van der Waals surface area contributed by atoms with Gasteiger partial charge >= 0.3 is 24.3 Å². The predicted molar refractivity (Wildman–Crippen MR) is 125 cm³/mol. The van der Waals surface area contributed by atoms with Crippen LogP contribution >= 0.6 is 0 Å². The van der Waals surface area contributed by atoms with Gasteiger partial charge in [-0.05, 0) is 50.4 Å². The quantitative estimate of drug-likeness (QED) is 0.493. The first-order chi connectivity index (χ1) is 18.2. The maximum atomic E-state index is 10.6. The Bertz CT molecular complexity index is 865. The number of ether oxygens (including phenoxy) is 2. The molecule has 9 nitrogen and oxygen atoms in total. The fourth-order valence-corrected chi connectivity index (χ4v) is 4.48. The highest BCUT2D eigenvalue weighted by atomic mass is 19.4. The van der Waals surface area contributed by atoms with Crippen molar-refractivity contribution in [1.29, 1.82) is 0 Å². The summed E-state index contributed by atoms with van der Waals surface area (Å²) in [5.74, 6) is -5.51. The molecule has 4 rings (SSSR count). The Balaban J connectivity index is 0.000000317. The van der Waals surface area contributed by atoms with E-state index in [1.54, 1.807) is 0 Å². The highest BCUT2D eigenvalue weighted by Crippen LogP contribution is 2.37. The minimum Gasteiger partial charge on any atom is -0.475 e. The van der Waals surface area contributed by atoms with Crippen molar-refractivity contribution in [3.05, 3.63) is 30.1 Å². The summed E-state index contributed by atoms with van der Waals surface area (Å²) in [5.41, 5.74) is 1.37. The van der Waals surface area contributed by atoms with Crippen LogP contribution in [0.3, 0.4) is 0 Å². The number of alkyl halides is 6. The molecule has 0 aliphatic carbocycles. The van der Waals surface area contributed by atoms with Gasteiger partial charge in [0.1, 0.15) is 0 Å². The number of halogens is 6. The van der Waals surface area contributed by atoms with E-state index in [0.717, 1.165) is 58.7 Å². The van der Waals surface area contributed by atoms with Gasteiger partial charge in [0.2, 0.25) is 0 Å². The van der Waals surface area contributed by atoms with Crippen LogP contribution in [0.5, 0.6) is 0 Å². The molecule has 1 unspecified atom stereocenters. The van der Waals surface area contributed by atoms with E-state index >= 15 is 0 Å². The Kier molecular flexibility index (Phi) is 12.4. The Morgan fingerprint density at radius 3 is 2.05 bits per heavy atom. The van der Waals surface area contributed by atoms with Crippen molar-refractivity contribution in [1.82, 2.24) is 14.8 Å². The maximum Gasteiger partial charge on any atom is 0.490 e. The molecule has 1 atom stereocenters. The normalized spacial score (nSPS) is 21.5. The first-order valence-corrected chi connectivity index (χ1v) is 12.4. The Morgan fingerprint density at radius 2 is 1.56 bits per heavy atom. The molecule has 0 bridgehead atoms. The number of aliphatic carboxylic acids is 2. The zero-order valence-corrected chi connectivity index (χ0v) is 21.2. The summed E-state index contributed by atoms with van der Waals surface area (Å²) in [6, 6.07) is 4.18. The van der Waals surface area contributed by atoms with Crippen molar-refractivity contribution in [2.24, 2.45) is 0 Å². The van der Waals surface area contributed by atoms with Crippen LogP contribution in [0.25, 0.3) is 0 Å². The third-order valence-corrected chi connectivity index (χ3v) is 6.52. The predicted octanol–water partition coefficient (Wildman–Crippen LogP) is 3.58. The molecule has 15 heteroatoms. The highest BCUT2D eigenvalue weighted by molar-refractivity contribution is 5.73. The van der Waals surface area contributed by atoms with E-state index in [0.29, 0.717) is 6.10 Å². The largest absolute Gasteiger partial charge is 0.490 e. The molecule has 4 heterocycles. The maximum absolute atomic E-state index is 10.6. The summed E-state index contributed by atoms with van der Waals surface area (Å²) in [6.45, 7) is 8.44. The molecule has 222 valence electrons. The molecule has 0 radical (unpaired) electrons. The van der Waals surface area contributed by atoms with Crippen molar-refractivity contribution in [2.75, 3.05) is 45.9 Å². The molecular formula is C24H33F6N3O6. The number of nitrogens with zero attached hydrogens (tertiary/aromatic N) is 3. The zero-order chi connectivity index (χ0) is 29.1. The number of pyridine rings is 1. The molecule has 3 saturated heterocycles. The van der Waals surface area contributed by atoms with Crippen LogP contribution in [-0.4, -0.2) is 107 Å². The standard InChI is InChI=1S/C20H31N3O2.2C2HF3O2/c1-2-9-22(8-1)12-13-24-19-14-20(25-17-19)5-10-23(11-6-20)16-18-4-3-7-21-15-18;2*3-2(4,5)1(6)7/h3-4,7,15,19H,1-2,5-6,8-14,16-17H2;2*(H,6,7). The fourth-order valence-electron chi connectivity index (χ4n) is 4.48. The van der Waals surface area contributed by atoms with E-state index in [1.807, 2.05) is 18.5 Å². The fraction of sp³-hybridized carbons (Fsp3) is 0.708. The molecule has 3 aliphatic rings. The topological polar surface area (TPSA) is 112 Å². The third kappa shape index (κ3) is 12.1. The number of carboxylic acids is 2. The Labute approximate surface area is 221 Å². The zero-order valence-electron chi connectivity index (χ0n) is 21.2. The third-order valence-electron chi connectivity index (χ3n) is 6.52. The summed E-state index contributed by atoms with van der Waals surface area (Å²) >= 11 is 0. The van der Waals surface area contributed by atoms with Crippen molar-refractivity contribution >= 4 is 11.9 Å². The molecule has 1 aromatic heterocycles. The average molecular weight is 574 g/mol. The summed E-state index contributed by atoms with van der Waals surface area (Å²) in [4.78, 5) is 27.0. The number of hydrogen-bond acceptors (Lipinski definition) is 7. The van der Waals surface area contributed by atoms with Crippen molar-refractivity contribution in [3.63, 3.8) is 0 Å². The van der Waals surface area contributed by atoms with Crippen LogP contribution in [0.15, 0.2) is 24.5 Å². The summed E-state index contributed by atoms with van der Waals surface area (Å²) in [6.07, 6.45) is -0.0266. The highest BCUT2D eigenvalue weighted by Gasteiger charge is 2.43. The molecule has 1 aromatic rings. The summed E-state index contributed by atoms with van der Waals surface area (Å²) in [7, 11) is 0. The van der Waals surface area contributed by atoms with Gasteiger partial charge < -0.3 is 24.6 Å². The van der Waals surface area contributed by atoms with Gasteiger partial charge in [-0.3, -0.25) is 9.88 Å². The molecule has 1 spiro atoms. The van der Waals surface area contributed by atoms with Gasteiger partial charge in [-0.15, -0.1) is 0 Å². The second-order valence-corrected chi connectivity index (χ2v) is 9.48. The second-order valence-electron chi connectivity index (χ2n) is 9.48. The van der Waals surface area contributed by atoms with Gasteiger partial charge in [0.05, 0.1) is 24.9 Å². The first-order valence-electron chi connectivity index (χ1n) is 12.4. The lowest BCUT2D eigenvalue weighted by Gasteiger charge is -2.38. The number of hydrogen-bond donors (Lipinski definition) is 2. The van der Waals surface area contributed by atoms with E-state index in [1.165, 1.54) is 31.5 Å². The molecule has 0 aromatic carbocycles. The smallest absolute Gasteiger partial charge is 0.475 e. The van der Waals surface area contributed by atoms with Gasteiger partial charge in [0.15, 0.2) is 0 Å². The first kappa shape index (κ1) is 32.7. The van der Waals surface area contributed by atoms with Crippen LogP contribution in [0, 0.1) is 0 Å². The van der Waals surface area contributed by atoms with Crippen molar-refractivity contribution < 1.29 is 55.6 Å². The second kappa shape index (κ2) is 14.8. The van der Waals surface area contributed by atoms with Crippen LogP contribution in [0.4, 0.5) is 26.3 Å². The number of carboxylic acid groups (broad SMARTS) is 2. The van der Waals surface area contributed by atoms with E-state index < -0.39 is 24.3 Å². The lowest BCUT2D eigenvalue weighted by atomic mass is 9.88. The van der Waals surface area contributed by atoms with E-state index in [4.69, 9.17) is 29.3 Å². The SMILES string of the molecule is O=C(O)C(F)(F)F.O=C(O)C(F)(F)F.c1cncc(CN2CCC3(CC2)CC(OCCN2CCCC2)CO3)c1. The number of likely N-dealkylation sites (tertiary alicyclic amines) is 2. The molecule has 0 amide bonds. The van der Waals surface area contributed by atoms with E-state index in [-0.39, 0.29) is 5.60 Å². The molecule has 3 aliphatic heterocycles. The van der Waals surface area contributed by atoms with Crippen molar-refractivity contribution in [3.8, 4) is 0 Å². The monoisotopic (exact) mass is 573 g/mol. The Hall–Kier alpha value is -2.49. The molecule has 39 heavy (non-hydrogen) atoms. The molecule has 0 saturated carbocycles. The lowest BCUT2D eigenvalue weighted by Crippen LogP contribution is -2.44. The molecular weight excluding hydrogens is 540 g/mol. The van der Waals surface area contributed by atoms with Crippen molar-refractivity contribution in [2.45, 2.75) is 62.7 Å². The van der Waals surface area contributed by atoms with Gasteiger partial charge in [-0.1, -0.05) is 6.07 Å².